The first-order valence-corrected chi connectivity index (χ1v) is 11.7. The second-order valence-corrected chi connectivity index (χ2v) is 9.33. The van der Waals surface area contributed by atoms with Crippen LogP contribution in [-0.2, 0) is 16.0 Å². The van der Waals surface area contributed by atoms with E-state index in [2.05, 4.69) is 50.1 Å². The highest BCUT2D eigenvalue weighted by atomic mass is 32.1. The Hall–Kier alpha value is -3.25. The van der Waals surface area contributed by atoms with Crippen LogP contribution in [0.15, 0.2) is 54.1 Å². The third-order valence-electron chi connectivity index (χ3n) is 6.34. The number of hydrogen-bond donors (Lipinski definition) is 1. The number of fused-ring (bicyclic) bond motifs is 1. The van der Waals surface area contributed by atoms with Gasteiger partial charge in [-0.1, -0.05) is 37.3 Å². The summed E-state index contributed by atoms with van der Waals surface area (Å²) in [6.45, 7) is 11.6. The lowest BCUT2D eigenvalue weighted by Crippen LogP contribution is -2.54. The molecule has 1 saturated heterocycles. The number of benzene rings is 2. The lowest BCUT2D eigenvalue weighted by atomic mass is 9.88. The molecule has 2 aromatic rings. The van der Waals surface area contributed by atoms with Crippen LogP contribution >= 0.6 is 12.2 Å². The maximum Gasteiger partial charge on any atom is 0.270 e. The van der Waals surface area contributed by atoms with Crippen molar-refractivity contribution < 1.29 is 9.59 Å². The zero-order valence-electron chi connectivity index (χ0n) is 19.7. The number of para-hydroxylation sites is 1. The van der Waals surface area contributed by atoms with Gasteiger partial charge in [-0.2, -0.15) is 0 Å². The minimum Gasteiger partial charge on any atom is -0.363 e. The van der Waals surface area contributed by atoms with Crippen LogP contribution in [0.1, 0.15) is 51.3 Å². The van der Waals surface area contributed by atoms with Gasteiger partial charge in [-0.15, -0.1) is 0 Å². The Morgan fingerprint density at radius 3 is 2.48 bits per heavy atom. The highest BCUT2D eigenvalue weighted by Crippen LogP contribution is 2.39. The number of hydrogen-bond acceptors (Lipinski definition) is 4. The minimum absolute atomic E-state index is 0.0691. The predicted octanol–water partition coefficient (Wildman–Crippen LogP) is 5.10. The van der Waals surface area contributed by atoms with E-state index < -0.39 is 11.8 Å². The molecule has 1 fully saturated rings. The summed E-state index contributed by atoms with van der Waals surface area (Å²) < 4.78 is 0. The first-order chi connectivity index (χ1) is 15.7. The first-order valence-electron chi connectivity index (χ1n) is 11.3. The Bertz CT molecular complexity index is 1230. The molecule has 0 aromatic heterocycles. The van der Waals surface area contributed by atoms with E-state index in [-0.39, 0.29) is 16.2 Å². The topological polar surface area (TPSA) is 52.7 Å². The van der Waals surface area contributed by atoms with Crippen LogP contribution in [-0.4, -0.2) is 29.0 Å². The minimum atomic E-state index is -0.475. The maximum absolute atomic E-state index is 13.4. The molecule has 2 amide bonds. The van der Waals surface area contributed by atoms with Crippen LogP contribution in [0.2, 0.25) is 0 Å². The van der Waals surface area contributed by atoms with Crippen molar-refractivity contribution in [3.63, 3.8) is 0 Å². The van der Waals surface area contributed by atoms with Crippen LogP contribution in [0.25, 0.3) is 11.6 Å². The average molecular weight is 460 g/mol. The number of rotatable bonds is 4. The molecule has 0 unspecified atom stereocenters. The standard InChI is InChI=1S/C27H29N3O2S/c1-6-19-10-8-9-11-22(19)30-25(32)21(24(31)28-26(30)33)15-18-12-13-23-20(14-18)17(3)16-27(4,5)29(23)7-2/h8-16H,6-7H2,1-5H3,(H,28,31,33)/b21-15-. The summed E-state index contributed by atoms with van der Waals surface area (Å²) in [6.07, 6.45) is 4.66. The van der Waals surface area contributed by atoms with E-state index in [1.54, 1.807) is 6.08 Å². The van der Waals surface area contributed by atoms with Gasteiger partial charge < -0.3 is 4.90 Å². The monoisotopic (exact) mass is 459 g/mol. The van der Waals surface area contributed by atoms with E-state index in [0.29, 0.717) is 5.69 Å². The molecule has 2 aromatic carbocycles. The van der Waals surface area contributed by atoms with Gasteiger partial charge in [0.25, 0.3) is 11.8 Å². The van der Waals surface area contributed by atoms with Gasteiger partial charge in [0.15, 0.2) is 5.11 Å². The molecule has 0 bridgehead atoms. The van der Waals surface area contributed by atoms with E-state index in [1.165, 1.54) is 10.5 Å². The number of anilines is 2. The number of likely N-dealkylation sites (N-methyl/N-ethyl adjacent to an activating group) is 1. The van der Waals surface area contributed by atoms with Gasteiger partial charge in [0.05, 0.1) is 11.2 Å². The predicted molar refractivity (Wildman–Crippen MR) is 139 cm³/mol. The maximum atomic E-state index is 13.4. The molecule has 0 aliphatic carbocycles. The van der Waals surface area contributed by atoms with Gasteiger partial charge in [-0.3, -0.25) is 19.8 Å². The van der Waals surface area contributed by atoms with Crippen LogP contribution in [0.4, 0.5) is 11.4 Å². The van der Waals surface area contributed by atoms with Crippen molar-refractivity contribution in [3.8, 4) is 0 Å². The number of aryl methyl sites for hydroxylation is 1. The highest BCUT2D eigenvalue weighted by Gasteiger charge is 2.35. The smallest absolute Gasteiger partial charge is 0.270 e. The summed E-state index contributed by atoms with van der Waals surface area (Å²) in [6, 6.07) is 13.7. The largest absolute Gasteiger partial charge is 0.363 e. The molecule has 0 spiro atoms. The van der Waals surface area contributed by atoms with Gasteiger partial charge in [0, 0.05) is 17.8 Å². The van der Waals surface area contributed by atoms with Crippen LogP contribution < -0.4 is 15.1 Å². The summed E-state index contributed by atoms with van der Waals surface area (Å²) in [5.74, 6) is -0.887. The van der Waals surface area contributed by atoms with Crippen molar-refractivity contribution in [2.45, 2.75) is 46.6 Å². The molecular weight excluding hydrogens is 430 g/mol. The van der Waals surface area contributed by atoms with Gasteiger partial charge in [-0.05, 0) is 87.3 Å². The lowest BCUT2D eigenvalue weighted by molar-refractivity contribution is -0.122. The Labute approximate surface area is 200 Å². The number of carbonyl (C=O) groups is 2. The van der Waals surface area contributed by atoms with E-state index in [9.17, 15) is 9.59 Å². The van der Waals surface area contributed by atoms with Crippen LogP contribution in [0.5, 0.6) is 0 Å². The van der Waals surface area contributed by atoms with E-state index in [0.717, 1.165) is 35.3 Å². The molecule has 170 valence electrons. The molecule has 0 saturated carbocycles. The molecule has 0 radical (unpaired) electrons. The molecule has 4 rings (SSSR count). The van der Waals surface area contributed by atoms with Gasteiger partial charge in [0.2, 0.25) is 0 Å². The van der Waals surface area contributed by atoms with Gasteiger partial charge in [0.1, 0.15) is 5.57 Å². The third-order valence-corrected chi connectivity index (χ3v) is 6.63. The fourth-order valence-electron chi connectivity index (χ4n) is 4.84. The van der Waals surface area contributed by atoms with Crippen molar-refractivity contribution in [1.82, 2.24) is 5.32 Å². The average Bonchev–Trinajstić information content (AvgIpc) is 2.77. The number of nitrogens with zero attached hydrogens (tertiary/aromatic N) is 2. The second kappa shape index (κ2) is 8.60. The zero-order chi connectivity index (χ0) is 23.9. The van der Waals surface area contributed by atoms with Crippen LogP contribution in [0.3, 0.4) is 0 Å². The quantitative estimate of drug-likeness (QED) is 0.393. The summed E-state index contributed by atoms with van der Waals surface area (Å²) in [5, 5.41) is 2.79. The third kappa shape index (κ3) is 4.00. The number of thiocarbonyl (C=S) groups is 1. The first kappa shape index (κ1) is 22.9. The highest BCUT2D eigenvalue weighted by molar-refractivity contribution is 7.80. The molecule has 6 heteroatoms. The van der Waals surface area contributed by atoms with E-state index >= 15 is 0 Å². The van der Waals surface area contributed by atoms with Gasteiger partial charge in [-0.25, -0.2) is 0 Å². The van der Waals surface area contributed by atoms with Crippen molar-refractivity contribution >= 4 is 52.2 Å². The molecule has 2 aliphatic rings. The molecule has 2 aliphatic heterocycles. The molecule has 33 heavy (non-hydrogen) atoms. The van der Waals surface area contributed by atoms with E-state index in [1.807, 2.05) is 43.3 Å². The molecule has 5 nitrogen and oxygen atoms in total. The van der Waals surface area contributed by atoms with Crippen LogP contribution in [0, 0.1) is 0 Å². The Kier molecular flexibility index (Phi) is 5.97. The normalized spacial score (nSPS) is 18.9. The fourth-order valence-corrected chi connectivity index (χ4v) is 5.11. The number of allylic oxidation sites excluding steroid dienone is 1. The van der Waals surface area contributed by atoms with Crippen molar-refractivity contribution in [2.24, 2.45) is 0 Å². The lowest BCUT2D eigenvalue weighted by Gasteiger charge is -2.42. The molecule has 0 atom stereocenters. The summed E-state index contributed by atoms with van der Waals surface area (Å²) in [4.78, 5) is 30.0. The zero-order valence-corrected chi connectivity index (χ0v) is 20.5. The van der Waals surface area contributed by atoms with Gasteiger partial charge >= 0.3 is 0 Å². The Balaban J connectivity index is 1.76. The van der Waals surface area contributed by atoms with E-state index in [4.69, 9.17) is 12.2 Å². The SMILES string of the molecule is CCc1ccccc1N1C(=O)/C(=C\c2ccc3c(c2)C(C)=CC(C)(C)N3CC)C(=O)NC1=S. The molecule has 2 heterocycles. The van der Waals surface area contributed by atoms with Crippen molar-refractivity contribution in [1.29, 1.82) is 0 Å². The van der Waals surface area contributed by atoms with Crippen molar-refractivity contribution in [2.75, 3.05) is 16.3 Å². The summed E-state index contributed by atoms with van der Waals surface area (Å²) in [7, 11) is 0. The second-order valence-electron chi connectivity index (χ2n) is 8.94. The number of carbonyl (C=O) groups excluding carboxylic acids is 2. The Morgan fingerprint density at radius 2 is 1.79 bits per heavy atom. The summed E-state index contributed by atoms with van der Waals surface area (Å²) >= 11 is 5.36. The van der Waals surface area contributed by atoms with Crippen molar-refractivity contribution in [3.05, 3.63) is 70.8 Å². The molecule has 1 N–H and O–H groups in total. The number of amides is 2. The number of nitrogens with one attached hydrogen (secondary N) is 1. The summed E-state index contributed by atoms with van der Waals surface area (Å²) in [5.41, 5.74) is 5.92. The fraction of sp³-hybridized carbons (Fsp3) is 0.296. The Morgan fingerprint density at radius 1 is 1.06 bits per heavy atom. The molecular formula is C27H29N3O2S.